The van der Waals surface area contributed by atoms with Crippen LogP contribution in [0.1, 0.15) is 27.2 Å². The number of aliphatic hydroxyl groups excluding tert-OH is 1. The van der Waals surface area contributed by atoms with E-state index < -0.39 is 0 Å². The average molecular weight is 168 g/mol. The zero-order valence-corrected chi connectivity index (χ0v) is 8.43. The third-order valence-electron chi connectivity index (χ3n) is 1.44. The lowest BCUT2D eigenvalue weighted by atomic mass is 10.1. The van der Waals surface area contributed by atoms with E-state index in [4.69, 9.17) is 5.11 Å². The van der Waals surface area contributed by atoms with Crippen LogP contribution in [0, 0.1) is 0 Å². The van der Waals surface area contributed by atoms with Gasteiger partial charge >= 0.3 is 0 Å². The highest BCUT2D eigenvalue weighted by molar-refractivity contribution is 5.29. The van der Waals surface area contributed by atoms with Crippen molar-refractivity contribution in [2.75, 3.05) is 6.61 Å². The van der Waals surface area contributed by atoms with Gasteiger partial charge in [0.2, 0.25) is 0 Å². The summed E-state index contributed by atoms with van der Waals surface area (Å²) in [6.07, 6.45) is 4.20. The van der Waals surface area contributed by atoms with Crippen molar-refractivity contribution in [1.29, 1.82) is 0 Å². The molecule has 0 aliphatic rings. The van der Waals surface area contributed by atoms with Gasteiger partial charge in [-0.1, -0.05) is 39.2 Å². The summed E-state index contributed by atoms with van der Waals surface area (Å²) < 4.78 is 0. The van der Waals surface area contributed by atoms with Crippen LogP contribution in [0.5, 0.6) is 0 Å². The minimum absolute atomic E-state index is 0.173. The molecule has 70 valence electrons. The second-order valence-corrected chi connectivity index (χ2v) is 2.09. The van der Waals surface area contributed by atoms with Gasteiger partial charge in [0.1, 0.15) is 0 Å². The van der Waals surface area contributed by atoms with Crippen LogP contribution in [-0.2, 0) is 0 Å². The zero-order valence-electron chi connectivity index (χ0n) is 8.43. The summed E-state index contributed by atoms with van der Waals surface area (Å²) in [4.78, 5) is 0. The maximum absolute atomic E-state index is 8.60. The lowest BCUT2D eigenvalue weighted by Crippen LogP contribution is -1.87. The predicted octanol–water partition coefficient (Wildman–Crippen LogP) is 3.08. The van der Waals surface area contributed by atoms with Gasteiger partial charge in [0.25, 0.3) is 0 Å². The van der Waals surface area contributed by atoms with E-state index in [2.05, 4.69) is 13.2 Å². The van der Waals surface area contributed by atoms with E-state index in [1.54, 1.807) is 12.2 Å². The zero-order chi connectivity index (χ0) is 9.98. The molecule has 0 heterocycles. The molecule has 0 saturated heterocycles. The Morgan fingerprint density at radius 3 is 2.00 bits per heavy atom. The van der Waals surface area contributed by atoms with Crippen molar-refractivity contribution in [3.63, 3.8) is 0 Å². The van der Waals surface area contributed by atoms with Gasteiger partial charge in [0, 0.05) is 6.61 Å². The molecule has 12 heavy (non-hydrogen) atoms. The second-order valence-electron chi connectivity index (χ2n) is 2.09. The standard InChI is InChI=1S/C9H14O.C2H6/c1-4-8(3)9(5-2)6-7-10;1-2/h4-5,10H,1-2,6-7H2,3H3;1-2H3/b9-8+;. The number of aliphatic hydroxyl groups is 1. The molecule has 1 N–H and O–H groups in total. The molecule has 0 aromatic rings. The van der Waals surface area contributed by atoms with E-state index in [1.807, 2.05) is 20.8 Å². The van der Waals surface area contributed by atoms with Crippen LogP contribution in [0.4, 0.5) is 0 Å². The van der Waals surface area contributed by atoms with Crippen molar-refractivity contribution in [2.24, 2.45) is 0 Å². The maximum atomic E-state index is 8.60. The molecule has 0 aliphatic heterocycles. The van der Waals surface area contributed by atoms with Crippen molar-refractivity contribution < 1.29 is 5.11 Å². The molecule has 0 spiro atoms. The van der Waals surface area contributed by atoms with Crippen LogP contribution in [0.3, 0.4) is 0 Å². The van der Waals surface area contributed by atoms with E-state index in [0.29, 0.717) is 6.42 Å². The third kappa shape index (κ3) is 5.93. The van der Waals surface area contributed by atoms with Crippen molar-refractivity contribution in [1.82, 2.24) is 0 Å². The number of allylic oxidation sites excluding steroid dienone is 3. The Balaban J connectivity index is 0. The van der Waals surface area contributed by atoms with E-state index in [-0.39, 0.29) is 6.61 Å². The predicted molar refractivity (Wildman–Crippen MR) is 56.1 cm³/mol. The summed E-state index contributed by atoms with van der Waals surface area (Å²) in [6.45, 7) is 13.4. The Bertz CT molecular complexity index is 154. The van der Waals surface area contributed by atoms with Crippen molar-refractivity contribution in [3.05, 3.63) is 36.5 Å². The van der Waals surface area contributed by atoms with Crippen LogP contribution in [0.15, 0.2) is 36.5 Å². The molecular weight excluding hydrogens is 148 g/mol. The summed E-state index contributed by atoms with van der Waals surface area (Å²) in [5.41, 5.74) is 2.15. The minimum Gasteiger partial charge on any atom is -0.396 e. The summed E-state index contributed by atoms with van der Waals surface area (Å²) in [5, 5.41) is 8.60. The van der Waals surface area contributed by atoms with Crippen LogP contribution in [-0.4, -0.2) is 11.7 Å². The Morgan fingerprint density at radius 1 is 1.25 bits per heavy atom. The van der Waals surface area contributed by atoms with Crippen LogP contribution in [0.25, 0.3) is 0 Å². The molecular formula is C11H20O. The largest absolute Gasteiger partial charge is 0.396 e. The molecule has 0 fully saturated rings. The minimum atomic E-state index is 0.173. The summed E-state index contributed by atoms with van der Waals surface area (Å²) >= 11 is 0. The molecule has 0 amide bonds. The van der Waals surface area contributed by atoms with E-state index in [9.17, 15) is 0 Å². The van der Waals surface area contributed by atoms with E-state index in [0.717, 1.165) is 11.1 Å². The Kier molecular flexibility index (Phi) is 11.7. The molecule has 0 atom stereocenters. The topological polar surface area (TPSA) is 20.2 Å². The summed E-state index contributed by atoms with van der Waals surface area (Å²) in [7, 11) is 0. The van der Waals surface area contributed by atoms with Crippen LogP contribution in [0.2, 0.25) is 0 Å². The van der Waals surface area contributed by atoms with Gasteiger partial charge in [-0.25, -0.2) is 0 Å². The lowest BCUT2D eigenvalue weighted by molar-refractivity contribution is 0.300. The first-order valence-electron chi connectivity index (χ1n) is 4.31. The first-order chi connectivity index (χ1) is 5.76. The Morgan fingerprint density at radius 2 is 1.75 bits per heavy atom. The van der Waals surface area contributed by atoms with E-state index in [1.165, 1.54) is 0 Å². The Hall–Kier alpha value is -0.820. The summed E-state index contributed by atoms with van der Waals surface area (Å²) in [5.74, 6) is 0. The monoisotopic (exact) mass is 168 g/mol. The van der Waals surface area contributed by atoms with Crippen molar-refractivity contribution in [2.45, 2.75) is 27.2 Å². The summed E-state index contributed by atoms with van der Waals surface area (Å²) in [6, 6.07) is 0. The highest BCUT2D eigenvalue weighted by atomic mass is 16.2. The van der Waals surface area contributed by atoms with Crippen LogP contribution >= 0.6 is 0 Å². The fourth-order valence-electron chi connectivity index (χ4n) is 0.712. The molecule has 0 aromatic heterocycles. The van der Waals surface area contributed by atoms with Gasteiger partial charge < -0.3 is 5.11 Å². The van der Waals surface area contributed by atoms with Gasteiger partial charge in [-0.3, -0.25) is 0 Å². The molecule has 0 aliphatic carbocycles. The average Bonchev–Trinajstić information content (AvgIpc) is 2.16. The molecule has 0 saturated carbocycles. The highest BCUT2D eigenvalue weighted by Crippen LogP contribution is 2.09. The van der Waals surface area contributed by atoms with Gasteiger partial charge in [0.15, 0.2) is 0 Å². The molecule has 0 unspecified atom stereocenters. The van der Waals surface area contributed by atoms with Gasteiger partial charge in [-0.05, 0) is 24.5 Å². The third-order valence-corrected chi connectivity index (χ3v) is 1.44. The first-order valence-corrected chi connectivity index (χ1v) is 4.31. The number of rotatable bonds is 4. The lowest BCUT2D eigenvalue weighted by Gasteiger charge is -2.00. The fourth-order valence-corrected chi connectivity index (χ4v) is 0.712. The van der Waals surface area contributed by atoms with Gasteiger partial charge in [-0.15, -0.1) is 0 Å². The van der Waals surface area contributed by atoms with Crippen molar-refractivity contribution in [3.8, 4) is 0 Å². The normalized spacial score (nSPS) is 10.7. The highest BCUT2D eigenvalue weighted by Gasteiger charge is 1.92. The van der Waals surface area contributed by atoms with Gasteiger partial charge in [-0.2, -0.15) is 0 Å². The molecule has 1 heteroatoms. The quantitative estimate of drug-likeness (QED) is 0.639. The maximum Gasteiger partial charge on any atom is 0.0471 e. The molecule has 0 rings (SSSR count). The number of hydrogen-bond donors (Lipinski definition) is 1. The molecule has 0 aromatic carbocycles. The van der Waals surface area contributed by atoms with Crippen LogP contribution < -0.4 is 0 Å². The molecule has 1 nitrogen and oxygen atoms in total. The fraction of sp³-hybridized carbons (Fsp3) is 0.455. The Labute approximate surface area is 76.1 Å². The van der Waals surface area contributed by atoms with E-state index >= 15 is 0 Å². The van der Waals surface area contributed by atoms with Gasteiger partial charge in [0.05, 0.1) is 0 Å². The second kappa shape index (κ2) is 10.2. The first kappa shape index (κ1) is 13.7. The number of hydrogen-bond acceptors (Lipinski definition) is 1. The molecule has 0 bridgehead atoms. The molecule has 0 radical (unpaired) electrons. The smallest absolute Gasteiger partial charge is 0.0471 e. The van der Waals surface area contributed by atoms with Crippen molar-refractivity contribution >= 4 is 0 Å². The SMILES string of the molecule is C=C/C(C)=C(\C=C)CCO.CC.